The minimum atomic E-state index is -0.0314. The number of nitrogens with zero attached hydrogens (tertiary/aromatic N) is 1. The van der Waals surface area contributed by atoms with Crippen LogP contribution in [0.15, 0.2) is 53.5 Å². The molecule has 0 N–H and O–H groups in total. The Bertz CT molecular complexity index is 745. The fraction of sp³-hybridized carbons (Fsp3) is 0.167. The average Bonchev–Trinajstić information content (AvgIpc) is 2.53. The predicted molar refractivity (Wildman–Crippen MR) is 82.4 cm³/mol. The summed E-state index contributed by atoms with van der Waals surface area (Å²) in [4.78, 5) is 28.7. The fourth-order valence-electron chi connectivity index (χ4n) is 2.49. The second kappa shape index (κ2) is 5.44. The van der Waals surface area contributed by atoms with E-state index in [9.17, 15) is 9.59 Å². The van der Waals surface area contributed by atoms with Crippen LogP contribution in [-0.4, -0.2) is 17.3 Å². The van der Waals surface area contributed by atoms with Crippen molar-refractivity contribution in [2.24, 2.45) is 4.99 Å². The van der Waals surface area contributed by atoms with Crippen molar-refractivity contribution in [3.8, 4) is 0 Å². The molecule has 0 radical (unpaired) electrons. The molecular weight excluding hydrogens is 262 g/mol. The maximum Gasteiger partial charge on any atom is 0.193 e. The molecule has 0 saturated carbocycles. The fourth-order valence-corrected chi connectivity index (χ4v) is 2.49. The lowest BCUT2D eigenvalue weighted by atomic mass is 9.95. The molecular formula is C18H15NO2. The molecule has 0 aromatic heterocycles. The second-order valence-electron chi connectivity index (χ2n) is 5.05. The van der Waals surface area contributed by atoms with E-state index in [0.717, 1.165) is 11.3 Å². The zero-order valence-electron chi connectivity index (χ0n) is 11.8. The van der Waals surface area contributed by atoms with Crippen molar-refractivity contribution < 1.29 is 9.59 Å². The summed E-state index contributed by atoms with van der Waals surface area (Å²) in [7, 11) is 0. The lowest BCUT2D eigenvalue weighted by Crippen LogP contribution is -2.19. The van der Waals surface area contributed by atoms with Gasteiger partial charge in [0.05, 0.1) is 11.4 Å². The van der Waals surface area contributed by atoms with Gasteiger partial charge in [-0.25, -0.2) is 4.99 Å². The van der Waals surface area contributed by atoms with Crippen LogP contribution in [0.2, 0.25) is 0 Å². The van der Waals surface area contributed by atoms with Crippen LogP contribution in [0.1, 0.15) is 34.8 Å². The Hall–Kier alpha value is -2.55. The number of hydrogen-bond acceptors (Lipinski definition) is 3. The Morgan fingerprint density at radius 1 is 1.10 bits per heavy atom. The van der Waals surface area contributed by atoms with E-state index in [4.69, 9.17) is 0 Å². The van der Waals surface area contributed by atoms with Gasteiger partial charge in [-0.1, -0.05) is 37.3 Å². The number of carbonyl (C=O) groups excluding carboxylic acids is 2. The van der Waals surface area contributed by atoms with Crippen molar-refractivity contribution in [1.29, 1.82) is 0 Å². The number of ketones is 2. The van der Waals surface area contributed by atoms with Crippen LogP contribution in [-0.2, 0) is 11.2 Å². The highest BCUT2D eigenvalue weighted by Crippen LogP contribution is 2.27. The molecule has 2 aromatic carbocycles. The second-order valence-corrected chi connectivity index (χ2v) is 5.05. The molecule has 0 spiro atoms. The van der Waals surface area contributed by atoms with Crippen LogP contribution in [0.5, 0.6) is 0 Å². The van der Waals surface area contributed by atoms with Crippen LogP contribution < -0.4 is 0 Å². The van der Waals surface area contributed by atoms with Gasteiger partial charge in [-0.3, -0.25) is 9.59 Å². The standard InChI is InChI=1S/C18H15NO2/c1-2-15-17(20)11-14-10-13(8-9-16(14)19-15)18(21)12-6-4-3-5-7-12/h3-10H,2,11H2,1H3. The molecule has 104 valence electrons. The molecule has 0 fully saturated rings. The van der Waals surface area contributed by atoms with Crippen molar-refractivity contribution in [2.45, 2.75) is 19.8 Å². The third-order valence-electron chi connectivity index (χ3n) is 3.64. The normalized spacial score (nSPS) is 13.6. The van der Waals surface area contributed by atoms with Crippen molar-refractivity contribution in [1.82, 2.24) is 0 Å². The number of fused-ring (bicyclic) bond motifs is 1. The lowest BCUT2D eigenvalue weighted by Gasteiger charge is -2.14. The predicted octanol–water partition coefficient (Wildman–Crippen LogP) is 3.53. The molecule has 0 bridgehead atoms. The first-order chi connectivity index (χ1) is 10.2. The Balaban J connectivity index is 1.98. The van der Waals surface area contributed by atoms with Gasteiger partial charge in [-0.05, 0) is 30.2 Å². The van der Waals surface area contributed by atoms with Gasteiger partial charge in [0.1, 0.15) is 0 Å². The summed E-state index contributed by atoms with van der Waals surface area (Å²) in [5, 5.41) is 0. The molecule has 3 heteroatoms. The van der Waals surface area contributed by atoms with E-state index < -0.39 is 0 Å². The minimum Gasteiger partial charge on any atom is -0.292 e. The summed E-state index contributed by atoms with van der Waals surface area (Å²) in [5.41, 5.74) is 3.50. The van der Waals surface area contributed by atoms with Crippen molar-refractivity contribution in [3.05, 3.63) is 65.2 Å². The molecule has 0 atom stereocenters. The lowest BCUT2D eigenvalue weighted by molar-refractivity contribution is -0.112. The zero-order valence-corrected chi connectivity index (χ0v) is 11.8. The Kier molecular flexibility index (Phi) is 3.48. The van der Waals surface area contributed by atoms with Crippen molar-refractivity contribution in [2.75, 3.05) is 0 Å². The highest BCUT2D eigenvalue weighted by molar-refractivity contribution is 6.41. The van der Waals surface area contributed by atoms with Gasteiger partial charge in [0, 0.05) is 17.5 Å². The van der Waals surface area contributed by atoms with Crippen LogP contribution in [0.4, 0.5) is 5.69 Å². The molecule has 2 aromatic rings. The van der Waals surface area contributed by atoms with Crippen LogP contribution in [0, 0.1) is 0 Å². The Morgan fingerprint density at radius 2 is 1.86 bits per heavy atom. The average molecular weight is 277 g/mol. The topological polar surface area (TPSA) is 46.5 Å². The zero-order chi connectivity index (χ0) is 14.8. The molecule has 21 heavy (non-hydrogen) atoms. The number of Topliss-reactive ketones (excluding diaryl/α,β-unsaturated/α-hetero) is 1. The molecule has 0 aliphatic carbocycles. The van der Waals surface area contributed by atoms with Crippen molar-refractivity contribution in [3.63, 3.8) is 0 Å². The molecule has 1 aliphatic heterocycles. The van der Waals surface area contributed by atoms with E-state index >= 15 is 0 Å². The summed E-state index contributed by atoms with van der Waals surface area (Å²) in [6.07, 6.45) is 0.973. The third-order valence-corrected chi connectivity index (χ3v) is 3.64. The summed E-state index contributed by atoms with van der Waals surface area (Å²) < 4.78 is 0. The first kappa shape index (κ1) is 13.4. The van der Waals surface area contributed by atoms with Crippen LogP contribution in [0.3, 0.4) is 0 Å². The van der Waals surface area contributed by atoms with E-state index in [0.29, 0.717) is 29.7 Å². The minimum absolute atomic E-state index is 0.0314. The largest absolute Gasteiger partial charge is 0.292 e. The van der Waals surface area contributed by atoms with Crippen LogP contribution in [0.25, 0.3) is 0 Å². The smallest absolute Gasteiger partial charge is 0.193 e. The number of hydrogen-bond donors (Lipinski definition) is 0. The number of benzene rings is 2. The van der Waals surface area contributed by atoms with Gasteiger partial charge in [0.2, 0.25) is 0 Å². The van der Waals surface area contributed by atoms with Gasteiger partial charge in [-0.2, -0.15) is 0 Å². The van der Waals surface area contributed by atoms with E-state index in [-0.39, 0.29) is 11.6 Å². The van der Waals surface area contributed by atoms with Gasteiger partial charge >= 0.3 is 0 Å². The Labute approximate surface area is 123 Å². The van der Waals surface area contributed by atoms with Crippen molar-refractivity contribution >= 4 is 23.0 Å². The molecule has 0 unspecified atom stereocenters. The first-order valence-electron chi connectivity index (χ1n) is 7.02. The summed E-state index contributed by atoms with van der Waals surface area (Å²) in [5.74, 6) is 0.0189. The SMILES string of the molecule is CCC1=Nc2ccc(C(=O)c3ccccc3)cc2CC1=O. The third kappa shape index (κ3) is 2.55. The maximum atomic E-state index is 12.4. The molecule has 0 saturated heterocycles. The molecule has 1 heterocycles. The van der Waals surface area contributed by atoms with E-state index in [1.807, 2.05) is 31.2 Å². The van der Waals surface area contributed by atoms with E-state index in [2.05, 4.69) is 4.99 Å². The number of aliphatic imine (C=N–C) groups is 1. The van der Waals surface area contributed by atoms with Gasteiger partial charge in [-0.15, -0.1) is 0 Å². The molecule has 3 nitrogen and oxygen atoms in total. The monoisotopic (exact) mass is 277 g/mol. The van der Waals surface area contributed by atoms with E-state index in [1.54, 1.807) is 24.3 Å². The highest BCUT2D eigenvalue weighted by atomic mass is 16.1. The van der Waals surface area contributed by atoms with Gasteiger partial charge < -0.3 is 0 Å². The van der Waals surface area contributed by atoms with Crippen LogP contribution >= 0.6 is 0 Å². The summed E-state index contributed by atoms with van der Waals surface area (Å²) >= 11 is 0. The van der Waals surface area contributed by atoms with E-state index in [1.165, 1.54) is 0 Å². The quantitative estimate of drug-likeness (QED) is 0.806. The molecule has 1 aliphatic rings. The number of carbonyl (C=O) groups is 2. The Morgan fingerprint density at radius 3 is 2.57 bits per heavy atom. The molecule has 0 amide bonds. The number of rotatable bonds is 3. The summed E-state index contributed by atoms with van der Waals surface area (Å²) in [6.45, 7) is 1.93. The maximum absolute atomic E-state index is 12.4. The molecule has 3 rings (SSSR count). The highest BCUT2D eigenvalue weighted by Gasteiger charge is 2.20. The van der Waals surface area contributed by atoms with Gasteiger partial charge in [0.25, 0.3) is 0 Å². The van der Waals surface area contributed by atoms with Gasteiger partial charge in [0.15, 0.2) is 11.6 Å². The summed E-state index contributed by atoms with van der Waals surface area (Å²) in [6, 6.07) is 14.5. The first-order valence-corrected chi connectivity index (χ1v) is 7.02.